The highest BCUT2D eigenvalue weighted by Crippen LogP contribution is 2.22. The number of alkyl halides is 1. The van der Waals surface area contributed by atoms with E-state index in [1.807, 2.05) is 81.4 Å². The third kappa shape index (κ3) is 15.0. The van der Waals surface area contributed by atoms with E-state index in [9.17, 15) is 9.18 Å². The lowest BCUT2D eigenvalue weighted by atomic mass is 9.98. The number of halogens is 1. The number of benzene rings is 2. The molecular formula is C30H45FN2O6. The fourth-order valence-electron chi connectivity index (χ4n) is 3.59. The van der Waals surface area contributed by atoms with Crippen LogP contribution in [0.15, 0.2) is 60.7 Å². The normalized spacial score (nSPS) is 13.3. The summed E-state index contributed by atoms with van der Waals surface area (Å²) in [6, 6.07) is 19.9. The highest BCUT2D eigenvalue weighted by atomic mass is 19.1. The summed E-state index contributed by atoms with van der Waals surface area (Å²) in [5, 5.41) is 5.98. The van der Waals surface area contributed by atoms with Gasteiger partial charge in [-0.05, 0) is 38.8 Å². The van der Waals surface area contributed by atoms with Crippen LogP contribution >= 0.6 is 0 Å². The molecule has 2 aromatic carbocycles. The van der Waals surface area contributed by atoms with Gasteiger partial charge in [-0.2, -0.15) is 0 Å². The Morgan fingerprint density at radius 2 is 1.28 bits per heavy atom. The minimum atomic E-state index is -1.16. The molecular weight excluding hydrogens is 503 g/mol. The zero-order valence-electron chi connectivity index (χ0n) is 23.7. The molecule has 218 valence electrons. The van der Waals surface area contributed by atoms with Crippen molar-refractivity contribution in [2.45, 2.75) is 51.6 Å². The van der Waals surface area contributed by atoms with Gasteiger partial charge in [0.2, 0.25) is 0 Å². The maximum atomic E-state index is 14.8. The maximum absolute atomic E-state index is 14.8. The van der Waals surface area contributed by atoms with Crippen molar-refractivity contribution in [3.05, 3.63) is 71.8 Å². The first-order chi connectivity index (χ1) is 18.8. The molecule has 2 N–H and O–H groups in total. The molecule has 2 rings (SSSR count). The Morgan fingerprint density at radius 1 is 0.795 bits per heavy atom. The summed E-state index contributed by atoms with van der Waals surface area (Å²) in [5.41, 5.74) is 1.65. The van der Waals surface area contributed by atoms with E-state index in [0.717, 1.165) is 11.1 Å². The van der Waals surface area contributed by atoms with Crippen molar-refractivity contribution in [1.82, 2.24) is 10.6 Å². The summed E-state index contributed by atoms with van der Waals surface area (Å²) in [6.45, 7) is 10.4. The number of carbonyl (C=O) groups excluding carboxylic acids is 1. The van der Waals surface area contributed by atoms with Crippen molar-refractivity contribution in [2.75, 3.05) is 59.3 Å². The smallest absolute Gasteiger partial charge is 0.407 e. The van der Waals surface area contributed by atoms with Gasteiger partial charge < -0.3 is 34.3 Å². The molecule has 2 atom stereocenters. The van der Waals surface area contributed by atoms with E-state index in [4.69, 9.17) is 23.7 Å². The molecule has 8 nitrogen and oxygen atoms in total. The molecule has 0 saturated heterocycles. The predicted octanol–water partition coefficient (Wildman–Crippen LogP) is 4.68. The summed E-state index contributed by atoms with van der Waals surface area (Å²) in [5.74, 6) is 0. The fourth-order valence-corrected chi connectivity index (χ4v) is 3.59. The SMILES string of the molecule is CC(OCCOCCOCCOCCNC(=O)OC(C)(C)C)C(F)CNC(c1ccccc1)c1ccccc1. The molecule has 9 heteroatoms. The summed E-state index contributed by atoms with van der Waals surface area (Å²) in [4.78, 5) is 11.5. The van der Waals surface area contributed by atoms with Crippen LogP contribution in [0.2, 0.25) is 0 Å². The van der Waals surface area contributed by atoms with Crippen LogP contribution in [0.1, 0.15) is 44.9 Å². The summed E-state index contributed by atoms with van der Waals surface area (Å²) >= 11 is 0. The van der Waals surface area contributed by atoms with E-state index in [1.54, 1.807) is 6.92 Å². The van der Waals surface area contributed by atoms with Crippen molar-refractivity contribution in [1.29, 1.82) is 0 Å². The number of rotatable bonds is 19. The Bertz CT molecular complexity index is 858. The van der Waals surface area contributed by atoms with E-state index in [-0.39, 0.29) is 12.6 Å². The van der Waals surface area contributed by atoms with E-state index in [0.29, 0.717) is 52.8 Å². The van der Waals surface area contributed by atoms with Crippen molar-refractivity contribution in [3.8, 4) is 0 Å². The van der Waals surface area contributed by atoms with Gasteiger partial charge in [-0.1, -0.05) is 60.7 Å². The first-order valence-corrected chi connectivity index (χ1v) is 13.6. The van der Waals surface area contributed by atoms with E-state index in [1.165, 1.54) is 0 Å². The second-order valence-corrected chi connectivity index (χ2v) is 10.0. The van der Waals surface area contributed by atoms with Crippen molar-refractivity contribution in [2.24, 2.45) is 0 Å². The van der Waals surface area contributed by atoms with Crippen LogP contribution in [0.3, 0.4) is 0 Å². The third-order valence-corrected chi connectivity index (χ3v) is 5.56. The maximum Gasteiger partial charge on any atom is 0.407 e. The molecule has 0 heterocycles. The number of nitrogens with one attached hydrogen (secondary N) is 2. The lowest BCUT2D eigenvalue weighted by Crippen LogP contribution is -2.36. The standard InChI is InChI=1S/C30H45FN2O6/c1-24(27(31)23-33-28(25-11-7-5-8-12-25)26-13-9-6-10-14-26)38-22-21-37-20-19-36-18-17-35-16-15-32-29(34)39-30(2,3)4/h5-14,24,27-28,33H,15-23H2,1-4H3,(H,32,34). The monoisotopic (exact) mass is 548 g/mol. The molecule has 0 saturated carbocycles. The average molecular weight is 549 g/mol. The topological polar surface area (TPSA) is 87.3 Å². The van der Waals surface area contributed by atoms with Crippen LogP contribution in [-0.4, -0.2) is 83.3 Å². The molecule has 0 spiro atoms. The lowest BCUT2D eigenvalue weighted by Gasteiger charge is -2.23. The van der Waals surface area contributed by atoms with E-state index < -0.39 is 24.0 Å². The van der Waals surface area contributed by atoms with Crippen LogP contribution in [0.5, 0.6) is 0 Å². The molecule has 0 bridgehead atoms. The molecule has 0 aliphatic rings. The van der Waals surface area contributed by atoms with Crippen LogP contribution in [0.4, 0.5) is 9.18 Å². The predicted molar refractivity (Wildman–Crippen MR) is 150 cm³/mol. The van der Waals surface area contributed by atoms with Crippen LogP contribution in [0, 0.1) is 0 Å². The van der Waals surface area contributed by atoms with Crippen LogP contribution < -0.4 is 10.6 Å². The quantitative estimate of drug-likeness (QED) is 0.247. The number of hydrogen-bond acceptors (Lipinski definition) is 7. The zero-order chi connectivity index (χ0) is 28.3. The highest BCUT2D eigenvalue weighted by molar-refractivity contribution is 5.67. The van der Waals surface area contributed by atoms with Gasteiger partial charge in [-0.3, -0.25) is 0 Å². The molecule has 39 heavy (non-hydrogen) atoms. The number of carbonyl (C=O) groups is 1. The van der Waals surface area contributed by atoms with E-state index >= 15 is 0 Å². The van der Waals surface area contributed by atoms with Crippen molar-refractivity contribution >= 4 is 6.09 Å². The zero-order valence-corrected chi connectivity index (χ0v) is 23.7. The van der Waals surface area contributed by atoms with Gasteiger partial charge in [-0.25, -0.2) is 9.18 Å². The molecule has 0 aliphatic carbocycles. The summed E-state index contributed by atoms with van der Waals surface area (Å²) in [7, 11) is 0. The Labute approximate surface area is 232 Å². The largest absolute Gasteiger partial charge is 0.444 e. The second kappa shape index (κ2) is 18.7. The Hall–Kier alpha value is -2.56. The number of ether oxygens (including phenoxy) is 5. The Morgan fingerprint density at radius 3 is 1.79 bits per heavy atom. The minimum absolute atomic E-state index is 0.0968. The fraction of sp³-hybridized carbons (Fsp3) is 0.567. The Balaban J connectivity index is 1.48. The van der Waals surface area contributed by atoms with Crippen molar-refractivity contribution < 1.29 is 32.9 Å². The molecule has 0 fully saturated rings. The molecule has 2 aromatic rings. The lowest BCUT2D eigenvalue weighted by molar-refractivity contribution is -0.0339. The first-order valence-electron chi connectivity index (χ1n) is 13.6. The molecule has 2 unspecified atom stereocenters. The van der Waals surface area contributed by atoms with Crippen LogP contribution in [0.25, 0.3) is 0 Å². The van der Waals surface area contributed by atoms with E-state index in [2.05, 4.69) is 10.6 Å². The number of hydrogen-bond donors (Lipinski definition) is 2. The average Bonchev–Trinajstić information content (AvgIpc) is 2.91. The molecule has 0 aromatic heterocycles. The number of amides is 1. The van der Waals surface area contributed by atoms with Gasteiger partial charge in [0.05, 0.1) is 58.4 Å². The second-order valence-electron chi connectivity index (χ2n) is 10.0. The molecule has 0 radical (unpaired) electrons. The van der Waals surface area contributed by atoms with Crippen molar-refractivity contribution in [3.63, 3.8) is 0 Å². The molecule has 0 aliphatic heterocycles. The van der Waals surface area contributed by atoms with Gasteiger partial charge in [0.15, 0.2) is 0 Å². The summed E-state index contributed by atoms with van der Waals surface area (Å²) in [6.07, 6.45) is -2.19. The number of alkyl carbamates (subject to hydrolysis) is 1. The highest BCUT2D eigenvalue weighted by Gasteiger charge is 2.20. The third-order valence-electron chi connectivity index (χ3n) is 5.56. The minimum Gasteiger partial charge on any atom is -0.444 e. The van der Waals surface area contributed by atoms with Crippen LogP contribution in [-0.2, 0) is 23.7 Å². The summed E-state index contributed by atoms with van der Waals surface area (Å²) < 4.78 is 41.9. The van der Waals surface area contributed by atoms with Gasteiger partial charge in [0.1, 0.15) is 11.8 Å². The van der Waals surface area contributed by atoms with Gasteiger partial charge in [0.25, 0.3) is 0 Å². The first kappa shape index (κ1) is 32.7. The van der Waals surface area contributed by atoms with Gasteiger partial charge in [0, 0.05) is 13.1 Å². The van der Waals surface area contributed by atoms with Gasteiger partial charge in [-0.15, -0.1) is 0 Å². The van der Waals surface area contributed by atoms with Gasteiger partial charge >= 0.3 is 6.09 Å². The Kier molecular flexibility index (Phi) is 15.6. The molecule has 1 amide bonds.